The molecule has 0 amide bonds. The van der Waals surface area contributed by atoms with Gasteiger partial charge in [-0.2, -0.15) is 11.8 Å². The Morgan fingerprint density at radius 3 is 2.93 bits per heavy atom. The predicted molar refractivity (Wildman–Crippen MR) is 71.1 cm³/mol. The van der Waals surface area contributed by atoms with Gasteiger partial charge in [0, 0.05) is 22.5 Å². The molecule has 0 aliphatic rings. The van der Waals surface area contributed by atoms with Gasteiger partial charge in [-0.05, 0) is 51.1 Å². The summed E-state index contributed by atoms with van der Waals surface area (Å²) in [5.74, 6) is 1.08. The predicted octanol–water partition coefficient (Wildman–Crippen LogP) is 3.77. The van der Waals surface area contributed by atoms with Crippen LogP contribution in [0.3, 0.4) is 0 Å². The Labute approximate surface area is 106 Å². The quantitative estimate of drug-likeness (QED) is 0.845. The van der Waals surface area contributed by atoms with Crippen molar-refractivity contribution in [2.75, 3.05) is 17.3 Å². The highest BCUT2D eigenvalue weighted by Crippen LogP contribution is 2.24. The van der Waals surface area contributed by atoms with Crippen LogP contribution in [-0.4, -0.2) is 23.0 Å². The molecule has 0 radical (unpaired) electrons. The van der Waals surface area contributed by atoms with E-state index < -0.39 is 0 Å². The first-order valence-electron chi connectivity index (χ1n) is 4.20. The fraction of sp³-hybridized carbons (Fsp3) is 0.444. The van der Waals surface area contributed by atoms with Crippen LogP contribution in [0.25, 0.3) is 0 Å². The maximum Gasteiger partial charge on any atom is 0.129 e. The molecule has 5 heteroatoms. The van der Waals surface area contributed by atoms with Crippen molar-refractivity contribution in [3.8, 4) is 0 Å². The molecular weight excluding hydrogens is 328 g/mol. The number of pyridine rings is 1. The van der Waals surface area contributed by atoms with E-state index in [-0.39, 0.29) is 0 Å². The highest BCUT2D eigenvalue weighted by Gasteiger charge is 2.05. The second-order valence-corrected chi connectivity index (χ2v) is 5.57. The minimum Gasteiger partial charge on any atom is -0.380 e. The molecule has 1 unspecified atom stereocenters. The van der Waals surface area contributed by atoms with Gasteiger partial charge in [-0.25, -0.2) is 4.98 Å². The number of nitrogens with zero attached hydrogens (tertiary/aromatic N) is 1. The van der Waals surface area contributed by atoms with Gasteiger partial charge >= 0.3 is 0 Å². The number of rotatable bonds is 4. The lowest BCUT2D eigenvalue weighted by Crippen LogP contribution is -2.18. The topological polar surface area (TPSA) is 24.9 Å². The maximum atomic E-state index is 4.19. The molecule has 1 heterocycles. The van der Waals surface area contributed by atoms with Crippen molar-refractivity contribution in [3.63, 3.8) is 0 Å². The van der Waals surface area contributed by atoms with Crippen molar-refractivity contribution in [2.45, 2.75) is 13.0 Å². The van der Waals surface area contributed by atoms with E-state index in [0.717, 1.165) is 20.5 Å². The van der Waals surface area contributed by atoms with Gasteiger partial charge in [0.15, 0.2) is 0 Å². The second-order valence-electron chi connectivity index (χ2n) is 2.99. The lowest BCUT2D eigenvalue weighted by atomic mass is 10.3. The molecular formula is C9H12Br2N2S. The molecule has 1 N–H and O–H groups in total. The van der Waals surface area contributed by atoms with E-state index in [1.54, 1.807) is 6.20 Å². The Balaban J connectivity index is 2.70. The van der Waals surface area contributed by atoms with Crippen LogP contribution < -0.4 is 5.32 Å². The highest BCUT2D eigenvalue weighted by atomic mass is 79.9. The van der Waals surface area contributed by atoms with Crippen molar-refractivity contribution >= 4 is 49.3 Å². The lowest BCUT2D eigenvalue weighted by Gasteiger charge is -2.14. The summed E-state index contributed by atoms with van der Waals surface area (Å²) >= 11 is 8.63. The summed E-state index contributed by atoms with van der Waals surface area (Å²) in [5.41, 5.74) is 1.03. The summed E-state index contributed by atoms with van der Waals surface area (Å²) in [7, 11) is 0. The summed E-state index contributed by atoms with van der Waals surface area (Å²) in [6.07, 6.45) is 3.88. The molecule has 0 aliphatic heterocycles. The van der Waals surface area contributed by atoms with Gasteiger partial charge in [0.1, 0.15) is 4.60 Å². The van der Waals surface area contributed by atoms with E-state index in [1.165, 1.54) is 0 Å². The van der Waals surface area contributed by atoms with Crippen LogP contribution in [0.15, 0.2) is 21.3 Å². The van der Waals surface area contributed by atoms with E-state index in [1.807, 2.05) is 17.8 Å². The van der Waals surface area contributed by atoms with Gasteiger partial charge in [0.05, 0.1) is 5.69 Å². The standard InChI is InChI=1S/C9H12Br2N2S/c1-6(5-14-2)13-8-3-7(10)4-12-9(8)11/h3-4,6,13H,5H2,1-2H3. The zero-order valence-corrected chi connectivity index (χ0v) is 12.0. The normalized spacial score (nSPS) is 12.6. The van der Waals surface area contributed by atoms with E-state index in [2.05, 4.69) is 55.3 Å². The summed E-state index contributed by atoms with van der Waals surface area (Å²) in [6.45, 7) is 2.16. The van der Waals surface area contributed by atoms with Gasteiger partial charge in [0.25, 0.3) is 0 Å². The van der Waals surface area contributed by atoms with Crippen molar-refractivity contribution < 1.29 is 0 Å². The van der Waals surface area contributed by atoms with Crippen LogP contribution in [0.2, 0.25) is 0 Å². The molecule has 14 heavy (non-hydrogen) atoms. The molecule has 0 bridgehead atoms. The molecule has 0 fully saturated rings. The molecule has 0 aromatic carbocycles. The monoisotopic (exact) mass is 338 g/mol. The Bertz CT molecular complexity index is 307. The highest BCUT2D eigenvalue weighted by molar-refractivity contribution is 9.11. The Kier molecular flexibility index (Phi) is 5.26. The number of aromatic nitrogens is 1. The third kappa shape index (κ3) is 3.79. The molecule has 78 valence electrons. The first-order chi connectivity index (χ1) is 6.63. The van der Waals surface area contributed by atoms with E-state index >= 15 is 0 Å². The molecule has 0 spiro atoms. The molecule has 1 atom stereocenters. The molecule has 0 aliphatic carbocycles. The lowest BCUT2D eigenvalue weighted by molar-refractivity contribution is 0.909. The third-order valence-electron chi connectivity index (χ3n) is 1.62. The van der Waals surface area contributed by atoms with Crippen LogP contribution in [0, 0.1) is 0 Å². The maximum absolute atomic E-state index is 4.19. The fourth-order valence-electron chi connectivity index (χ4n) is 1.08. The summed E-state index contributed by atoms with van der Waals surface area (Å²) in [6, 6.07) is 2.46. The Hall–Kier alpha value is 0.260. The number of thioether (sulfide) groups is 1. The van der Waals surface area contributed by atoms with E-state index in [0.29, 0.717) is 6.04 Å². The SMILES string of the molecule is CSCC(C)Nc1cc(Br)cnc1Br. The van der Waals surface area contributed by atoms with Gasteiger partial charge in [-0.1, -0.05) is 0 Å². The molecule has 0 saturated heterocycles. The number of nitrogens with one attached hydrogen (secondary N) is 1. The molecule has 1 aromatic rings. The molecule has 0 saturated carbocycles. The van der Waals surface area contributed by atoms with Gasteiger partial charge < -0.3 is 5.32 Å². The van der Waals surface area contributed by atoms with Crippen molar-refractivity contribution in [1.82, 2.24) is 4.98 Å². The smallest absolute Gasteiger partial charge is 0.129 e. The van der Waals surface area contributed by atoms with Crippen LogP contribution >= 0.6 is 43.6 Å². The minimum absolute atomic E-state index is 0.442. The number of halogens is 2. The average molecular weight is 340 g/mol. The first-order valence-corrected chi connectivity index (χ1v) is 7.18. The summed E-state index contributed by atoms with van der Waals surface area (Å²) < 4.78 is 1.84. The Morgan fingerprint density at radius 1 is 1.57 bits per heavy atom. The molecule has 1 aromatic heterocycles. The van der Waals surface area contributed by atoms with E-state index in [4.69, 9.17) is 0 Å². The van der Waals surface area contributed by atoms with Gasteiger partial charge in [-0.3, -0.25) is 0 Å². The summed E-state index contributed by atoms with van der Waals surface area (Å²) in [4.78, 5) is 4.19. The first kappa shape index (κ1) is 12.3. The van der Waals surface area contributed by atoms with Crippen molar-refractivity contribution in [3.05, 3.63) is 21.3 Å². The van der Waals surface area contributed by atoms with Crippen LogP contribution in [-0.2, 0) is 0 Å². The van der Waals surface area contributed by atoms with Crippen LogP contribution in [0.4, 0.5) is 5.69 Å². The number of hydrogen-bond acceptors (Lipinski definition) is 3. The van der Waals surface area contributed by atoms with E-state index in [9.17, 15) is 0 Å². The van der Waals surface area contributed by atoms with Gasteiger partial charge in [0.2, 0.25) is 0 Å². The Morgan fingerprint density at radius 2 is 2.29 bits per heavy atom. The zero-order valence-electron chi connectivity index (χ0n) is 8.05. The second kappa shape index (κ2) is 5.98. The number of hydrogen-bond donors (Lipinski definition) is 1. The molecule has 1 rings (SSSR count). The number of anilines is 1. The third-order valence-corrected chi connectivity index (χ3v) is 3.52. The van der Waals surface area contributed by atoms with Crippen molar-refractivity contribution in [2.24, 2.45) is 0 Å². The van der Waals surface area contributed by atoms with Crippen LogP contribution in [0.5, 0.6) is 0 Å². The summed E-state index contributed by atoms with van der Waals surface area (Å²) in [5, 5.41) is 3.39. The van der Waals surface area contributed by atoms with Gasteiger partial charge in [-0.15, -0.1) is 0 Å². The zero-order chi connectivity index (χ0) is 10.6. The minimum atomic E-state index is 0.442. The molecule has 2 nitrogen and oxygen atoms in total. The average Bonchev–Trinajstić information content (AvgIpc) is 2.12. The fourth-order valence-corrected chi connectivity index (χ4v) is 2.33. The van der Waals surface area contributed by atoms with Crippen molar-refractivity contribution in [1.29, 1.82) is 0 Å². The van der Waals surface area contributed by atoms with Crippen LogP contribution in [0.1, 0.15) is 6.92 Å². The largest absolute Gasteiger partial charge is 0.380 e.